The van der Waals surface area contributed by atoms with E-state index in [0.29, 0.717) is 10.9 Å². The summed E-state index contributed by atoms with van der Waals surface area (Å²) in [5.74, 6) is 0.618. The molecule has 0 aliphatic rings. The Bertz CT molecular complexity index is 334. The molecule has 1 aromatic rings. The first-order valence-corrected chi connectivity index (χ1v) is 4.70. The lowest BCUT2D eigenvalue weighted by Crippen LogP contribution is -2.12. The van der Waals surface area contributed by atoms with Crippen LogP contribution in [0.15, 0.2) is 23.2 Å². The number of amidine groups is 1. The van der Waals surface area contributed by atoms with Gasteiger partial charge in [-0.1, -0.05) is 17.7 Å². The highest BCUT2D eigenvalue weighted by atomic mass is 35.5. The normalized spacial score (nSPS) is 11.8. The summed E-state index contributed by atoms with van der Waals surface area (Å²) in [5.41, 5.74) is 7.22. The molecule has 0 aliphatic heterocycles. The van der Waals surface area contributed by atoms with Crippen LogP contribution in [-0.4, -0.2) is 11.7 Å². The quantitative estimate of drug-likeness (QED) is 0.461. The number of alkyl halides is 1. The fourth-order valence-corrected chi connectivity index (χ4v) is 1.08. The van der Waals surface area contributed by atoms with E-state index in [9.17, 15) is 0 Å². The molecule has 2 nitrogen and oxygen atoms in total. The zero-order valence-corrected chi connectivity index (χ0v) is 8.73. The maximum absolute atomic E-state index is 5.90. The van der Waals surface area contributed by atoms with Gasteiger partial charge < -0.3 is 5.73 Å². The molecule has 1 aromatic carbocycles. The van der Waals surface area contributed by atoms with Crippen LogP contribution in [0.25, 0.3) is 0 Å². The Hall–Kier alpha value is -0.730. The minimum Gasteiger partial charge on any atom is -0.386 e. The van der Waals surface area contributed by atoms with Gasteiger partial charge in [-0.3, -0.25) is 0 Å². The molecule has 0 aliphatic carbocycles. The Morgan fingerprint density at radius 3 is 2.77 bits per heavy atom. The third-order valence-corrected chi connectivity index (χ3v) is 2.25. The van der Waals surface area contributed by atoms with Crippen molar-refractivity contribution in [1.82, 2.24) is 0 Å². The molecule has 0 amide bonds. The summed E-state index contributed by atoms with van der Waals surface area (Å²) in [6.45, 7) is 1.93. The molecule has 70 valence electrons. The van der Waals surface area contributed by atoms with Crippen molar-refractivity contribution < 1.29 is 0 Å². The Kier molecular flexibility index (Phi) is 3.58. The first-order chi connectivity index (χ1) is 6.13. The summed E-state index contributed by atoms with van der Waals surface area (Å²) in [7, 11) is 0. The van der Waals surface area contributed by atoms with Crippen molar-refractivity contribution in [2.24, 2.45) is 10.7 Å². The van der Waals surface area contributed by atoms with Crippen molar-refractivity contribution >= 4 is 34.7 Å². The lowest BCUT2D eigenvalue weighted by molar-refractivity contribution is 1.41. The molecule has 0 fully saturated rings. The van der Waals surface area contributed by atoms with Crippen LogP contribution >= 0.6 is 23.2 Å². The van der Waals surface area contributed by atoms with E-state index in [-0.39, 0.29) is 5.88 Å². The number of hydrogen-bond acceptors (Lipinski definition) is 1. The predicted molar refractivity (Wildman–Crippen MR) is 58.2 cm³/mol. The minimum absolute atomic E-state index is 0.228. The van der Waals surface area contributed by atoms with Gasteiger partial charge >= 0.3 is 0 Å². The molecule has 0 atom stereocenters. The van der Waals surface area contributed by atoms with E-state index in [1.807, 2.05) is 19.1 Å². The van der Waals surface area contributed by atoms with Gasteiger partial charge in [-0.2, -0.15) is 0 Å². The number of benzene rings is 1. The van der Waals surface area contributed by atoms with Crippen molar-refractivity contribution in [3.8, 4) is 0 Å². The summed E-state index contributed by atoms with van der Waals surface area (Å²) in [5, 5.41) is 0.684. The summed E-state index contributed by atoms with van der Waals surface area (Å²) in [6.07, 6.45) is 0. The highest BCUT2D eigenvalue weighted by molar-refractivity contribution is 6.31. The minimum atomic E-state index is 0.228. The Labute approximate surface area is 87.4 Å². The molecule has 0 saturated carbocycles. The van der Waals surface area contributed by atoms with Crippen molar-refractivity contribution in [3.63, 3.8) is 0 Å². The van der Waals surface area contributed by atoms with Crippen LogP contribution in [-0.2, 0) is 0 Å². The maximum atomic E-state index is 5.90. The molecular formula is C9H10Cl2N2. The van der Waals surface area contributed by atoms with E-state index in [2.05, 4.69) is 4.99 Å². The average molecular weight is 217 g/mol. The molecule has 0 radical (unpaired) electrons. The zero-order valence-electron chi connectivity index (χ0n) is 7.22. The first kappa shape index (κ1) is 10.4. The fraction of sp³-hybridized carbons (Fsp3) is 0.222. The number of halogens is 2. The number of aryl methyl sites for hydroxylation is 1. The summed E-state index contributed by atoms with van der Waals surface area (Å²) in [4.78, 5) is 4.06. The molecule has 0 bridgehead atoms. The zero-order chi connectivity index (χ0) is 9.84. The number of rotatable bonds is 2. The average Bonchev–Trinajstić information content (AvgIpc) is 2.11. The predicted octanol–water partition coefficient (Wildman–Crippen LogP) is 2.88. The van der Waals surface area contributed by atoms with Gasteiger partial charge in [-0.15, -0.1) is 11.6 Å². The Balaban J connectivity index is 2.98. The van der Waals surface area contributed by atoms with Gasteiger partial charge in [-0.25, -0.2) is 4.99 Å². The van der Waals surface area contributed by atoms with Crippen LogP contribution in [0.3, 0.4) is 0 Å². The summed E-state index contributed by atoms with van der Waals surface area (Å²) in [6, 6.07) is 5.50. The van der Waals surface area contributed by atoms with E-state index in [4.69, 9.17) is 28.9 Å². The molecule has 0 saturated heterocycles. The molecule has 4 heteroatoms. The van der Waals surface area contributed by atoms with Crippen LogP contribution in [0.2, 0.25) is 5.02 Å². The second-order valence-electron chi connectivity index (χ2n) is 2.67. The van der Waals surface area contributed by atoms with Crippen LogP contribution in [0.1, 0.15) is 5.56 Å². The standard InChI is InChI=1S/C9H10Cl2N2/c1-6-2-3-7(4-8(6)11)13-9(12)5-10/h2-4H,5H2,1H3,(H2,12,13). The van der Waals surface area contributed by atoms with Crippen molar-refractivity contribution in [2.45, 2.75) is 6.92 Å². The molecule has 0 spiro atoms. The number of nitrogens with two attached hydrogens (primary N) is 1. The van der Waals surface area contributed by atoms with Gasteiger partial charge in [0.05, 0.1) is 11.6 Å². The highest BCUT2D eigenvalue weighted by Gasteiger charge is 1.96. The monoisotopic (exact) mass is 216 g/mol. The van der Waals surface area contributed by atoms with Gasteiger partial charge in [0.1, 0.15) is 5.84 Å². The highest BCUT2D eigenvalue weighted by Crippen LogP contribution is 2.21. The largest absolute Gasteiger partial charge is 0.386 e. The second kappa shape index (κ2) is 4.49. The van der Waals surface area contributed by atoms with E-state index in [0.717, 1.165) is 11.3 Å². The number of aliphatic imine (C=N–C) groups is 1. The lowest BCUT2D eigenvalue weighted by Gasteiger charge is -1.99. The van der Waals surface area contributed by atoms with Gasteiger partial charge in [0.2, 0.25) is 0 Å². The summed E-state index contributed by atoms with van der Waals surface area (Å²) < 4.78 is 0. The third kappa shape index (κ3) is 2.90. The van der Waals surface area contributed by atoms with Crippen molar-refractivity contribution in [3.05, 3.63) is 28.8 Å². The number of hydrogen-bond donors (Lipinski definition) is 1. The topological polar surface area (TPSA) is 38.4 Å². The van der Waals surface area contributed by atoms with Gasteiger partial charge in [0, 0.05) is 5.02 Å². The molecule has 13 heavy (non-hydrogen) atoms. The van der Waals surface area contributed by atoms with Crippen molar-refractivity contribution in [2.75, 3.05) is 5.88 Å². The van der Waals surface area contributed by atoms with Gasteiger partial charge in [0.25, 0.3) is 0 Å². The van der Waals surface area contributed by atoms with Gasteiger partial charge in [0.15, 0.2) is 0 Å². The second-order valence-corrected chi connectivity index (χ2v) is 3.34. The SMILES string of the molecule is Cc1ccc(N=C(N)CCl)cc1Cl. The van der Waals surface area contributed by atoms with E-state index in [1.165, 1.54) is 0 Å². The Morgan fingerprint density at radius 2 is 2.23 bits per heavy atom. The summed E-state index contributed by atoms with van der Waals surface area (Å²) >= 11 is 11.4. The smallest absolute Gasteiger partial charge is 0.115 e. The molecule has 0 unspecified atom stereocenters. The van der Waals surface area contributed by atoms with E-state index >= 15 is 0 Å². The molecule has 2 N–H and O–H groups in total. The lowest BCUT2D eigenvalue weighted by atomic mass is 10.2. The van der Waals surface area contributed by atoms with Crippen LogP contribution in [0.5, 0.6) is 0 Å². The molecule has 0 heterocycles. The van der Waals surface area contributed by atoms with Gasteiger partial charge in [-0.05, 0) is 24.6 Å². The van der Waals surface area contributed by atoms with Crippen LogP contribution in [0, 0.1) is 6.92 Å². The number of nitrogens with zero attached hydrogens (tertiary/aromatic N) is 1. The molecular weight excluding hydrogens is 207 g/mol. The van der Waals surface area contributed by atoms with E-state index in [1.54, 1.807) is 6.07 Å². The van der Waals surface area contributed by atoms with Crippen molar-refractivity contribution in [1.29, 1.82) is 0 Å². The molecule has 1 rings (SSSR count). The maximum Gasteiger partial charge on any atom is 0.115 e. The van der Waals surface area contributed by atoms with E-state index < -0.39 is 0 Å². The Morgan fingerprint density at radius 1 is 1.54 bits per heavy atom. The molecule has 0 aromatic heterocycles. The first-order valence-electron chi connectivity index (χ1n) is 3.78. The third-order valence-electron chi connectivity index (χ3n) is 1.57. The van der Waals surface area contributed by atoms with Crippen LogP contribution < -0.4 is 5.73 Å². The fourth-order valence-electron chi connectivity index (χ4n) is 0.847. The van der Waals surface area contributed by atoms with Crippen LogP contribution in [0.4, 0.5) is 5.69 Å².